The first kappa shape index (κ1) is 13.6. The number of hydrogen-bond acceptors (Lipinski definition) is 6. The van der Waals surface area contributed by atoms with Crippen molar-refractivity contribution in [3.63, 3.8) is 0 Å². The summed E-state index contributed by atoms with van der Waals surface area (Å²) < 4.78 is 0. The zero-order chi connectivity index (χ0) is 14.7. The lowest BCUT2D eigenvalue weighted by atomic mass is 10.1. The Bertz CT molecular complexity index is 646. The lowest BCUT2D eigenvalue weighted by Crippen LogP contribution is -2.34. The second-order valence-corrected chi connectivity index (χ2v) is 4.01. The summed E-state index contributed by atoms with van der Waals surface area (Å²) >= 11 is 0. The molecule has 102 valence electrons. The zero-order valence-electron chi connectivity index (χ0n) is 10.3. The topological polar surface area (TPSA) is 114 Å². The number of benzene rings is 1. The molecule has 2 amide bonds. The first-order valence-corrected chi connectivity index (χ1v) is 5.76. The smallest absolute Gasteiger partial charge is 0.277 e. The highest BCUT2D eigenvalue weighted by molar-refractivity contribution is 6.17. The van der Waals surface area contributed by atoms with Crippen LogP contribution in [0.4, 0.5) is 5.69 Å². The number of aromatic hydroxyl groups is 1. The van der Waals surface area contributed by atoms with Crippen molar-refractivity contribution in [1.82, 2.24) is 4.90 Å². The summed E-state index contributed by atoms with van der Waals surface area (Å²) in [5.41, 5.74) is 0.154. The van der Waals surface area contributed by atoms with Gasteiger partial charge in [-0.3, -0.25) is 14.5 Å². The number of nitrogens with one attached hydrogen (secondary N) is 1. The van der Waals surface area contributed by atoms with E-state index in [4.69, 9.17) is 10.4 Å². The highest BCUT2D eigenvalue weighted by atomic mass is 16.3. The van der Waals surface area contributed by atoms with Crippen LogP contribution in [0.5, 0.6) is 5.75 Å². The van der Waals surface area contributed by atoms with Crippen molar-refractivity contribution in [3.05, 3.63) is 35.5 Å². The second-order valence-electron chi connectivity index (χ2n) is 4.01. The average Bonchev–Trinajstić information content (AvgIpc) is 2.69. The van der Waals surface area contributed by atoms with Gasteiger partial charge in [-0.25, -0.2) is 0 Å². The number of aliphatic hydroxyl groups is 1. The second kappa shape index (κ2) is 5.42. The van der Waals surface area contributed by atoms with Gasteiger partial charge in [0.1, 0.15) is 17.5 Å². The number of imide groups is 1. The van der Waals surface area contributed by atoms with Crippen molar-refractivity contribution < 1.29 is 19.8 Å². The highest BCUT2D eigenvalue weighted by Crippen LogP contribution is 2.29. The molecule has 0 spiro atoms. The van der Waals surface area contributed by atoms with E-state index < -0.39 is 11.8 Å². The molecule has 0 aliphatic carbocycles. The summed E-state index contributed by atoms with van der Waals surface area (Å²) in [6.45, 7) is -0.441. The van der Waals surface area contributed by atoms with Crippen molar-refractivity contribution in [2.75, 3.05) is 18.5 Å². The molecule has 1 aliphatic rings. The predicted molar refractivity (Wildman–Crippen MR) is 68.3 cm³/mol. The number of nitriles is 1. The number of rotatable bonds is 4. The molecule has 2 rings (SSSR count). The van der Waals surface area contributed by atoms with Crippen LogP contribution in [0.15, 0.2) is 30.0 Å². The molecule has 0 fully saturated rings. The van der Waals surface area contributed by atoms with E-state index in [9.17, 15) is 14.7 Å². The Balaban J connectivity index is 2.29. The molecule has 20 heavy (non-hydrogen) atoms. The summed E-state index contributed by atoms with van der Waals surface area (Å²) in [5, 5.41) is 30.1. The number of aliphatic hydroxyl groups excluding tert-OH is 1. The SMILES string of the molecule is N#Cc1cccc(O)c1NC1=CC(=O)N(CCO)C1=O. The van der Waals surface area contributed by atoms with E-state index in [0.717, 1.165) is 11.0 Å². The maximum absolute atomic E-state index is 11.9. The standard InChI is InChI=1S/C13H11N3O4/c14-7-8-2-1-3-10(18)12(8)15-9-6-11(19)16(4-5-17)13(9)20/h1-3,6,15,17-18H,4-5H2. The number of β-amino-alcohol motifs (C(OH)–C–C–N with tert-alkyl or cyclic N) is 1. The maximum Gasteiger partial charge on any atom is 0.277 e. The minimum Gasteiger partial charge on any atom is -0.506 e. The lowest BCUT2D eigenvalue weighted by Gasteiger charge is -2.14. The fourth-order valence-corrected chi connectivity index (χ4v) is 1.81. The molecule has 7 nitrogen and oxygen atoms in total. The van der Waals surface area contributed by atoms with Gasteiger partial charge in [0.05, 0.1) is 24.4 Å². The van der Waals surface area contributed by atoms with Gasteiger partial charge in [-0.2, -0.15) is 5.26 Å². The van der Waals surface area contributed by atoms with Gasteiger partial charge in [0.15, 0.2) is 0 Å². The maximum atomic E-state index is 11.9. The molecule has 1 aliphatic heterocycles. The molecular formula is C13H11N3O4. The predicted octanol–water partition coefficient (Wildman–Crippen LogP) is -0.0792. The van der Waals surface area contributed by atoms with E-state index >= 15 is 0 Å². The Hall–Kier alpha value is -2.85. The average molecular weight is 273 g/mol. The summed E-state index contributed by atoms with van der Waals surface area (Å²) in [6, 6.07) is 6.19. The highest BCUT2D eigenvalue weighted by Gasteiger charge is 2.31. The van der Waals surface area contributed by atoms with Crippen LogP contribution in [0.2, 0.25) is 0 Å². The zero-order valence-corrected chi connectivity index (χ0v) is 10.3. The van der Waals surface area contributed by atoms with E-state index in [1.165, 1.54) is 18.2 Å². The van der Waals surface area contributed by atoms with Gasteiger partial charge in [0.2, 0.25) is 0 Å². The van der Waals surface area contributed by atoms with E-state index in [1.54, 1.807) is 0 Å². The van der Waals surface area contributed by atoms with Gasteiger partial charge in [-0.1, -0.05) is 6.07 Å². The number of phenols is 1. The molecule has 1 aromatic carbocycles. The Morgan fingerprint density at radius 3 is 2.75 bits per heavy atom. The molecule has 0 saturated heterocycles. The number of carbonyl (C=O) groups is 2. The van der Waals surface area contributed by atoms with Crippen LogP contribution in [0, 0.1) is 11.3 Å². The van der Waals surface area contributed by atoms with Crippen molar-refractivity contribution in [3.8, 4) is 11.8 Å². The molecule has 3 N–H and O–H groups in total. The third kappa shape index (κ3) is 2.32. The molecule has 0 unspecified atom stereocenters. The molecule has 0 aromatic heterocycles. The molecular weight excluding hydrogens is 262 g/mol. The van der Waals surface area contributed by atoms with Crippen LogP contribution < -0.4 is 5.32 Å². The molecule has 0 saturated carbocycles. The van der Waals surface area contributed by atoms with Gasteiger partial charge >= 0.3 is 0 Å². The fraction of sp³-hybridized carbons (Fsp3) is 0.154. The third-order valence-electron chi connectivity index (χ3n) is 2.76. The fourth-order valence-electron chi connectivity index (χ4n) is 1.81. The van der Waals surface area contributed by atoms with Gasteiger partial charge in [0.25, 0.3) is 11.8 Å². The number of anilines is 1. The summed E-state index contributed by atoms with van der Waals surface area (Å²) in [5.74, 6) is -1.37. The van der Waals surface area contributed by atoms with Crippen molar-refractivity contribution in [2.45, 2.75) is 0 Å². The van der Waals surface area contributed by atoms with Crippen molar-refractivity contribution in [1.29, 1.82) is 5.26 Å². The van der Waals surface area contributed by atoms with Gasteiger partial charge in [-0.15, -0.1) is 0 Å². The number of nitrogens with zero attached hydrogens (tertiary/aromatic N) is 2. The molecule has 1 heterocycles. The lowest BCUT2D eigenvalue weighted by molar-refractivity contribution is -0.137. The number of phenolic OH excluding ortho intramolecular Hbond substituents is 1. The Morgan fingerprint density at radius 1 is 1.35 bits per heavy atom. The van der Waals surface area contributed by atoms with E-state index in [-0.39, 0.29) is 35.8 Å². The van der Waals surface area contributed by atoms with E-state index in [0.29, 0.717) is 0 Å². The minimum absolute atomic E-state index is 0.0542. The Morgan fingerprint density at radius 2 is 2.10 bits per heavy atom. The van der Waals surface area contributed by atoms with Crippen LogP contribution in [0.3, 0.4) is 0 Å². The van der Waals surface area contributed by atoms with Crippen LogP contribution in [-0.2, 0) is 9.59 Å². The number of para-hydroxylation sites is 1. The summed E-state index contributed by atoms with van der Waals surface area (Å²) in [6.07, 6.45) is 1.06. The monoisotopic (exact) mass is 273 g/mol. The molecule has 0 radical (unpaired) electrons. The van der Waals surface area contributed by atoms with Crippen molar-refractivity contribution in [2.24, 2.45) is 0 Å². The van der Waals surface area contributed by atoms with Gasteiger partial charge in [0, 0.05) is 6.08 Å². The normalized spacial score (nSPS) is 14.2. The number of hydrogen-bond donors (Lipinski definition) is 3. The Kier molecular flexibility index (Phi) is 3.68. The Labute approximate surface area is 114 Å². The van der Waals surface area contributed by atoms with Gasteiger partial charge < -0.3 is 15.5 Å². The minimum atomic E-state index is -0.615. The van der Waals surface area contributed by atoms with Crippen LogP contribution >= 0.6 is 0 Å². The molecule has 7 heteroatoms. The van der Waals surface area contributed by atoms with Crippen LogP contribution in [0.1, 0.15) is 5.56 Å². The van der Waals surface area contributed by atoms with Crippen LogP contribution in [-0.4, -0.2) is 40.1 Å². The summed E-state index contributed by atoms with van der Waals surface area (Å²) in [7, 11) is 0. The summed E-state index contributed by atoms with van der Waals surface area (Å²) in [4.78, 5) is 24.4. The third-order valence-corrected chi connectivity index (χ3v) is 2.76. The first-order chi connectivity index (χ1) is 9.58. The molecule has 0 atom stereocenters. The first-order valence-electron chi connectivity index (χ1n) is 5.76. The van der Waals surface area contributed by atoms with E-state index in [2.05, 4.69) is 5.32 Å². The largest absolute Gasteiger partial charge is 0.506 e. The molecule has 1 aromatic rings. The van der Waals surface area contributed by atoms with Gasteiger partial charge in [-0.05, 0) is 12.1 Å². The van der Waals surface area contributed by atoms with Crippen LogP contribution in [0.25, 0.3) is 0 Å². The van der Waals surface area contributed by atoms with Crippen molar-refractivity contribution >= 4 is 17.5 Å². The quantitative estimate of drug-likeness (QED) is 0.522. The number of amides is 2. The molecule has 0 bridgehead atoms. The van der Waals surface area contributed by atoms with E-state index in [1.807, 2.05) is 6.07 Å². The number of carbonyl (C=O) groups excluding carboxylic acids is 2.